The molecular weight excluding hydrogens is 340 g/mol. The first-order valence-electron chi connectivity index (χ1n) is 6.38. The van der Waals surface area contributed by atoms with Gasteiger partial charge in [-0.25, -0.2) is 4.79 Å². The smallest absolute Gasteiger partial charge is 0.408 e. The summed E-state index contributed by atoms with van der Waals surface area (Å²) in [7, 11) is 1.30. The minimum Gasteiger partial charge on any atom is -0.469 e. The van der Waals surface area contributed by atoms with Crippen LogP contribution in [0.15, 0.2) is 22.9 Å². The molecule has 0 bridgehead atoms. The SMILES string of the molecule is COC(=O)CC(NC(=O)OC(C)(C)C)c1cncc(Br)c1. The zero-order valence-corrected chi connectivity index (χ0v) is 14.1. The largest absolute Gasteiger partial charge is 0.469 e. The molecule has 6 nitrogen and oxygen atoms in total. The second-order valence-corrected chi connectivity index (χ2v) is 6.33. The minimum absolute atomic E-state index is 0.00608. The monoisotopic (exact) mass is 358 g/mol. The van der Waals surface area contributed by atoms with Crippen molar-refractivity contribution in [1.82, 2.24) is 10.3 Å². The summed E-state index contributed by atoms with van der Waals surface area (Å²) in [5, 5.41) is 2.66. The number of pyridine rings is 1. The van der Waals surface area contributed by atoms with Gasteiger partial charge >= 0.3 is 12.1 Å². The lowest BCUT2D eigenvalue weighted by molar-refractivity contribution is -0.141. The van der Waals surface area contributed by atoms with Crippen LogP contribution in [0.1, 0.15) is 38.8 Å². The molecular formula is C14H19BrN2O4. The van der Waals surface area contributed by atoms with Gasteiger partial charge in [-0.3, -0.25) is 9.78 Å². The van der Waals surface area contributed by atoms with Gasteiger partial charge in [0.2, 0.25) is 0 Å². The summed E-state index contributed by atoms with van der Waals surface area (Å²) >= 11 is 3.31. The average Bonchev–Trinajstić information content (AvgIpc) is 2.35. The van der Waals surface area contributed by atoms with Crippen LogP contribution < -0.4 is 5.32 Å². The Bertz CT molecular complexity index is 514. The Balaban J connectivity index is 2.87. The van der Waals surface area contributed by atoms with E-state index in [-0.39, 0.29) is 6.42 Å². The highest BCUT2D eigenvalue weighted by molar-refractivity contribution is 9.10. The Morgan fingerprint density at radius 1 is 1.38 bits per heavy atom. The molecule has 1 rings (SSSR count). The van der Waals surface area contributed by atoms with Gasteiger partial charge in [0.15, 0.2) is 0 Å². The number of alkyl carbamates (subject to hydrolysis) is 1. The molecule has 1 N–H and O–H groups in total. The van der Waals surface area contributed by atoms with Crippen molar-refractivity contribution in [3.8, 4) is 0 Å². The van der Waals surface area contributed by atoms with Crippen molar-refractivity contribution in [2.24, 2.45) is 0 Å². The number of esters is 1. The molecule has 0 aromatic carbocycles. The quantitative estimate of drug-likeness (QED) is 0.837. The lowest BCUT2D eigenvalue weighted by Crippen LogP contribution is -2.36. The lowest BCUT2D eigenvalue weighted by Gasteiger charge is -2.23. The first-order chi connectivity index (χ1) is 9.71. The molecule has 1 unspecified atom stereocenters. The maximum atomic E-state index is 11.9. The van der Waals surface area contributed by atoms with Crippen molar-refractivity contribution in [2.45, 2.75) is 38.8 Å². The summed E-state index contributed by atoms with van der Waals surface area (Å²) in [5.74, 6) is -0.434. The van der Waals surface area contributed by atoms with Crippen LogP contribution in [0.3, 0.4) is 0 Å². The molecule has 0 saturated heterocycles. The van der Waals surface area contributed by atoms with Gasteiger partial charge in [-0.2, -0.15) is 0 Å². The van der Waals surface area contributed by atoms with E-state index in [0.717, 1.165) is 4.47 Å². The molecule has 0 aliphatic heterocycles. The van der Waals surface area contributed by atoms with E-state index >= 15 is 0 Å². The first-order valence-corrected chi connectivity index (χ1v) is 7.17. The van der Waals surface area contributed by atoms with Gasteiger partial charge in [0.05, 0.1) is 19.6 Å². The van der Waals surface area contributed by atoms with E-state index < -0.39 is 23.7 Å². The Morgan fingerprint density at radius 2 is 2.05 bits per heavy atom. The predicted molar refractivity (Wildman–Crippen MR) is 80.7 cm³/mol. The molecule has 116 valence electrons. The van der Waals surface area contributed by atoms with Crippen molar-refractivity contribution >= 4 is 28.0 Å². The van der Waals surface area contributed by atoms with Crippen molar-refractivity contribution < 1.29 is 19.1 Å². The molecule has 1 amide bonds. The van der Waals surface area contributed by atoms with Crippen LogP contribution in [0.4, 0.5) is 4.79 Å². The maximum Gasteiger partial charge on any atom is 0.408 e. The van der Waals surface area contributed by atoms with Crippen molar-refractivity contribution in [2.75, 3.05) is 7.11 Å². The van der Waals surface area contributed by atoms with Crippen LogP contribution in [0, 0.1) is 0 Å². The third-order valence-corrected chi connectivity index (χ3v) is 2.85. The van der Waals surface area contributed by atoms with E-state index in [1.165, 1.54) is 7.11 Å². The summed E-state index contributed by atoms with van der Waals surface area (Å²) in [6, 6.07) is 1.20. The van der Waals surface area contributed by atoms with E-state index in [0.29, 0.717) is 5.56 Å². The lowest BCUT2D eigenvalue weighted by atomic mass is 10.1. The zero-order valence-electron chi connectivity index (χ0n) is 12.5. The Morgan fingerprint density at radius 3 is 2.57 bits per heavy atom. The number of hydrogen-bond acceptors (Lipinski definition) is 5. The summed E-state index contributed by atoms with van der Waals surface area (Å²) in [6.45, 7) is 5.30. The first kappa shape index (κ1) is 17.4. The van der Waals surface area contributed by atoms with Gasteiger partial charge in [0.25, 0.3) is 0 Å². The van der Waals surface area contributed by atoms with E-state index in [1.54, 1.807) is 39.2 Å². The Labute approximate surface area is 132 Å². The number of carbonyl (C=O) groups is 2. The normalized spacial score (nSPS) is 12.4. The van der Waals surface area contributed by atoms with E-state index in [2.05, 4.69) is 31.0 Å². The fraction of sp³-hybridized carbons (Fsp3) is 0.500. The summed E-state index contributed by atoms with van der Waals surface area (Å²) in [5.41, 5.74) is 0.0655. The number of ether oxygens (including phenoxy) is 2. The Kier molecular flexibility index (Phi) is 6.14. The van der Waals surface area contributed by atoms with Crippen LogP contribution >= 0.6 is 15.9 Å². The standard InChI is InChI=1S/C14H19BrN2O4/c1-14(2,3)21-13(19)17-11(6-12(18)20-4)9-5-10(15)8-16-7-9/h5,7-8,11H,6H2,1-4H3,(H,17,19). The van der Waals surface area contributed by atoms with Gasteiger partial charge in [-0.05, 0) is 48.3 Å². The molecule has 0 saturated carbocycles. The number of aromatic nitrogens is 1. The summed E-state index contributed by atoms with van der Waals surface area (Å²) in [6.07, 6.45) is 2.59. The molecule has 21 heavy (non-hydrogen) atoms. The number of halogens is 1. The van der Waals surface area contributed by atoms with Gasteiger partial charge < -0.3 is 14.8 Å². The predicted octanol–water partition coefficient (Wildman–Crippen LogP) is 2.97. The third kappa shape index (κ3) is 6.57. The highest BCUT2D eigenvalue weighted by Crippen LogP contribution is 2.21. The molecule has 0 spiro atoms. The number of amides is 1. The summed E-state index contributed by atoms with van der Waals surface area (Å²) in [4.78, 5) is 27.4. The van der Waals surface area contributed by atoms with Crippen LogP contribution in [-0.2, 0) is 14.3 Å². The van der Waals surface area contributed by atoms with Crippen molar-refractivity contribution in [3.05, 3.63) is 28.5 Å². The fourth-order valence-corrected chi connectivity index (χ4v) is 1.95. The third-order valence-electron chi connectivity index (χ3n) is 2.42. The van der Waals surface area contributed by atoms with Crippen molar-refractivity contribution in [1.29, 1.82) is 0 Å². The van der Waals surface area contributed by atoms with Gasteiger partial charge in [0.1, 0.15) is 5.60 Å². The second-order valence-electron chi connectivity index (χ2n) is 5.42. The number of carbonyl (C=O) groups excluding carboxylic acids is 2. The summed E-state index contributed by atoms with van der Waals surface area (Å²) < 4.78 is 10.6. The van der Waals surface area contributed by atoms with Crippen LogP contribution in [0.2, 0.25) is 0 Å². The molecule has 0 aliphatic carbocycles. The second kappa shape index (κ2) is 7.40. The fourth-order valence-electron chi connectivity index (χ4n) is 1.57. The highest BCUT2D eigenvalue weighted by Gasteiger charge is 2.23. The molecule has 1 heterocycles. The molecule has 1 aromatic rings. The topological polar surface area (TPSA) is 77.5 Å². The van der Waals surface area contributed by atoms with E-state index in [4.69, 9.17) is 4.74 Å². The van der Waals surface area contributed by atoms with Gasteiger partial charge in [-0.15, -0.1) is 0 Å². The van der Waals surface area contributed by atoms with E-state index in [9.17, 15) is 9.59 Å². The van der Waals surface area contributed by atoms with Crippen LogP contribution in [-0.4, -0.2) is 29.8 Å². The Hall–Kier alpha value is -1.63. The van der Waals surface area contributed by atoms with Crippen LogP contribution in [0.25, 0.3) is 0 Å². The molecule has 0 aliphatic rings. The number of rotatable bonds is 4. The number of nitrogens with zero attached hydrogens (tertiary/aromatic N) is 1. The number of nitrogens with one attached hydrogen (secondary N) is 1. The van der Waals surface area contributed by atoms with Gasteiger partial charge in [0, 0.05) is 16.9 Å². The molecule has 0 fully saturated rings. The van der Waals surface area contributed by atoms with Crippen molar-refractivity contribution in [3.63, 3.8) is 0 Å². The molecule has 1 aromatic heterocycles. The average molecular weight is 359 g/mol. The highest BCUT2D eigenvalue weighted by atomic mass is 79.9. The number of methoxy groups -OCH3 is 1. The molecule has 7 heteroatoms. The molecule has 1 atom stereocenters. The van der Waals surface area contributed by atoms with Crippen LogP contribution in [0.5, 0.6) is 0 Å². The van der Waals surface area contributed by atoms with Gasteiger partial charge in [-0.1, -0.05) is 0 Å². The van der Waals surface area contributed by atoms with E-state index in [1.807, 2.05) is 0 Å². The zero-order chi connectivity index (χ0) is 16.0. The maximum absolute atomic E-state index is 11.9. The molecule has 0 radical (unpaired) electrons. The number of hydrogen-bond donors (Lipinski definition) is 1. The minimum atomic E-state index is -0.616.